The average molecular weight is 256 g/mol. The minimum Gasteiger partial charge on any atom is -0.337 e. The molecule has 1 aliphatic heterocycles. The number of carbonyl (C=O) groups excluding carboxylic acids is 1. The highest BCUT2D eigenvalue weighted by molar-refractivity contribution is 7.99. The van der Waals surface area contributed by atoms with E-state index in [0.29, 0.717) is 11.3 Å². The van der Waals surface area contributed by atoms with Gasteiger partial charge in [-0.2, -0.15) is 11.8 Å². The SMILES string of the molecule is O=C(NCC1CCCCS1)NC1CCCCC1. The van der Waals surface area contributed by atoms with Gasteiger partial charge in [-0.15, -0.1) is 0 Å². The van der Waals surface area contributed by atoms with Crippen LogP contribution in [0.5, 0.6) is 0 Å². The predicted octanol–water partition coefficient (Wildman–Crippen LogP) is 2.90. The molecule has 0 aromatic carbocycles. The third-order valence-corrected chi connectivity index (χ3v) is 5.10. The number of hydrogen-bond donors (Lipinski definition) is 2. The lowest BCUT2D eigenvalue weighted by Crippen LogP contribution is -2.44. The molecule has 0 aromatic heterocycles. The Kier molecular flexibility index (Phi) is 5.49. The highest BCUT2D eigenvalue weighted by Gasteiger charge is 2.17. The summed E-state index contributed by atoms with van der Waals surface area (Å²) in [6, 6.07) is 0.464. The second kappa shape index (κ2) is 7.14. The molecule has 1 unspecified atom stereocenters. The summed E-state index contributed by atoms with van der Waals surface area (Å²) in [5.41, 5.74) is 0. The van der Waals surface area contributed by atoms with Crippen LogP contribution in [0.3, 0.4) is 0 Å². The van der Waals surface area contributed by atoms with Crippen molar-refractivity contribution in [2.45, 2.75) is 62.7 Å². The average Bonchev–Trinajstić information content (AvgIpc) is 2.39. The van der Waals surface area contributed by atoms with Crippen LogP contribution in [0.25, 0.3) is 0 Å². The molecule has 2 rings (SSSR count). The summed E-state index contributed by atoms with van der Waals surface area (Å²) in [6.07, 6.45) is 10.1. The summed E-state index contributed by atoms with van der Waals surface area (Å²) in [4.78, 5) is 11.7. The Morgan fingerprint density at radius 2 is 1.82 bits per heavy atom. The molecule has 0 bridgehead atoms. The second-order valence-corrected chi connectivity index (χ2v) is 6.59. The largest absolute Gasteiger partial charge is 0.337 e. The van der Waals surface area contributed by atoms with E-state index in [4.69, 9.17) is 0 Å². The van der Waals surface area contributed by atoms with E-state index >= 15 is 0 Å². The van der Waals surface area contributed by atoms with Crippen LogP contribution in [0.4, 0.5) is 4.79 Å². The first-order valence-corrected chi connectivity index (χ1v) is 8.05. The molecule has 0 aromatic rings. The maximum absolute atomic E-state index is 11.7. The van der Waals surface area contributed by atoms with Crippen LogP contribution in [0, 0.1) is 0 Å². The molecule has 0 radical (unpaired) electrons. The van der Waals surface area contributed by atoms with Gasteiger partial charge in [0, 0.05) is 17.8 Å². The minimum absolute atomic E-state index is 0.0445. The van der Waals surface area contributed by atoms with Gasteiger partial charge in [0.15, 0.2) is 0 Å². The van der Waals surface area contributed by atoms with Gasteiger partial charge in [-0.1, -0.05) is 25.7 Å². The van der Waals surface area contributed by atoms with Crippen LogP contribution in [-0.4, -0.2) is 29.6 Å². The molecule has 1 aliphatic carbocycles. The Labute approximate surface area is 108 Å². The van der Waals surface area contributed by atoms with Gasteiger partial charge in [-0.05, 0) is 31.4 Å². The minimum atomic E-state index is 0.0445. The van der Waals surface area contributed by atoms with E-state index in [9.17, 15) is 4.79 Å². The molecular formula is C13H24N2OS. The highest BCUT2D eigenvalue weighted by Crippen LogP contribution is 2.24. The van der Waals surface area contributed by atoms with Crippen molar-refractivity contribution < 1.29 is 4.79 Å². The molecule has 1 atom stereocenters. The first kappa shape index (κ1) is 13.1. The highest BCUT2D eigenvalue weighted by atomic mass is 32.2. The maximum Gasteiger partial charge on any atom is 0.315 e. The summed E-state index contributed by atoms with van der Waals surface area (Å²) in [6.45, 7) is 0.837. The number of amides is 2. The van der Waals surface area contributed by atoms with E-state index in [2.05, 4.69) is 10.6 Å². The Morgan fingerprint density at radius 3 is 2.53 bits per heavy atom. The van der Waals surface area contributed by atoms with E-state index in [1.807, 2.05) is 11.8 Å². The summed E-state index contributed by atoms with van der Waals surface area (Å²) in [5, 5.41) is 6.77. The molecule has 3 nitrogen and oxygen atoms in total. The van der Waals surface area contributed by atoms with Crippen molar-refractivity contribution in [3.8, 4) is 0 Å². The molecule has 1 saturated heterocycles. The Morgan fingerprint density at radius 1 is 1.06 bits per heavy atom. The Balaban J connectivity index is 1.59. The fourth-order valence-corrected chi connectivity index (χ4v) is 3.90. The summed E-state index contributed by atoms with van der Waals surface area (Å²) < 4.78 is 0. The van der Waals surface area contributed by atoms with Crippen LogP contribution >= 0.6 is 11.8 Å². The van der Waals surface area contributed by atoms with Crippen molar-refractivity contribution in [3.63, 3.8) is 0 Å². The summed E-state index contributed by atoms with van der Waals surface area (Å²) >= 11 is 2.01. The van der Waals surface area contributed by atoms with Gasteiger partial charge in [0.2, 0.25) is 0 Å². The fraction of sp³-hybridized carbons (Fsp3) is 0.923. The first-order chi connectivity index (χ1) is 8.34. The van der Waals surface area contributed by atoms with Crippen molar-refractivity contribution >= 4 is 17.8 Å². The maximum atomic E-state index is 11.7. The number of carbonyl (C=O) groups is 1. The number of hydrogen-bond acceptors (Lipinski definition) is 2. The van der Waals surface area contributed by atoms with E-state index in [0.717, 1.165) is 19.4 Å². The first-order valence-electron chi connectivity index (χ1n) is 7.00. The molecule has 0 spiro atoms. The molecule has 2 fully saturated rings. The molecule has 1 heterocycles. The lowest BCUT2D eigenvalue weighted by molar-refractivity contribution is 0.232. The predicted molar refractivity (Wildman–Crippen MR) is 73.5 cm³/mol. The van der Waals surface area contributed by atoms with E-state index in [1.54, 1.807) is 0 Å². The van der Waals surface area contributed by atoms with E-state index in [-0.39, 0.29) is 6.03 Å². The van der Waals surface area contributed by atoms with Crippen molar-refractivity contribution in [3.05, 3.63) is 0 Å². The van der Waals surface area contributed by atoms with Gasteiger partial charge in [0.1, 0.15) is 0 Å². The van der Waals surface area contributed by atoms with Gasteiger partial charge in [-0.3, -0.25) is 0 Å². The zero-order valence-corrected chi connectivity index (χ0v) is 11.4. The monoisotopic (exact) mass is 256 g/mol. The van der Waals surface area contributed by atoms with Crippen LogP contribution in [-0.2, 0) is 0 Å². The lowest BCUT2D eigenvalue weighted by Gasteiger charge is -2.25. The zero-order chi connectivity index (χ0) is 11.9. The van der Waals surface area contributed by atoms with Gasteiger partial charge >= 0.3 is 6.03 Å². The fourth-order valence-electron chi connectivity index (χ4n) is 2.66. The Hall–Kier alpha value is -0.380. The normalized spacial score (nSPS) is 26.5. The van der Waals surface area contributed by atoms with Gasteiger partial charge < -0.3 is 10.6 Å². The molecule has 2 N–H and O–H groups in total. The molecule has 4 heteroatoms. The third-order valence-electron chi connectivity index (χ3n) is 3.70. The lowest BCUT2D eigenvalue weighted by atomic mass is 9.96. The van der Waals surface area contributed by atoms with E-state index < -0.39 is 0 Å². The van der Waals surface area contributed by atoms with Crippen LogP contribution < -0.4 is 10.6 Å². The van der Waals surface area contributed by atoms with Crippen molar-refractivity contribution in [2.24, 2.45) is 0 Å². The third kappa shape index (κ3) is 4.78. The second-order valence-electron chi connectivity index (χ2n) is 5.18. The van der Waals surface area contributed by atoms with Crippen molar-refractivity contribution in [1.29, 1.82) is 0 Å². The summed E-state index contributed by atoms with van der Waals surface area (Å²) in [7, 11) is 0. The van der Waals surface area contributed by atoms with Crippen LogP contribution in [0.15, 0.2) is 0 Å². The molecule has 2 amide bonds. The van der Waals surface area contributed by atoms with Crippen molar-refractivity contribution in [1.82, 2.24) is 10.6 Å². The zero-order valence-electron chi connectivity index (χ0n) is 10.5. The number of rotatable bonds is 3. The quantitative estimate of drug-likeness (QED) is 0.815. The Bertz CT molecular complexity index is 236. The van der Waals surface area contributed by atoms with Crippen LogP contribution in [0.2, 0.25) is 0 Å². The van der Waals surface area contributed by atoms with Crippen LogP contribution in [0.1, 0.15) is 51.4 Å². The smallest absolute Gasteiger partial charge is 0.315 e. The van der Waals surface area contributed by atoms with Gasteiger partial charge in [0.05, 0.1) is 0 Å². The molecule has 17 heavy (non-hydrogen) atoms. The molecule has 2 aliphatic rings. The van der Waals surface area contributed by atoms with Crippen molar-refractivity contribution in [2.75, 3.05) is 12.3 Å². The van der Waals surface area contributed by atoms with Gasteiger partial charge in [-0.25, -0.2) is 4.79 Å². The number of nitrogens with one attached hydrogen (secondary N) is 2. The van der Waals surface area contributed by atoms with Gasteiger partial charge in [0.25, 0.3) is 0 Å². The summed E-state index contributed by atoms with van der Waals surface area (Å²) in [5.74, 6) is 1.26. The standard InChI is InChI=1S/C13H24N2OS/c16-13(15-11-6-2-1-3-7-11)14-10-12-8-4-5-9-17-12/h11-12H,1-10H2,(H2,14,15,16). The number of thioether (sulfide) groups is 1. The molecular weight excluding hydrogens is 232 g/mol. The topological polar surface area (TPSA) is 41.1 Å². The van der Waals surface area contributed by atoms with E-state index in [1.165, 1.54) is 44.3 Å². The molecule has 98 valence electrons. The number of urea groups is 1. The molecule has 1 saturated carbocycles.